The van der Waals surface area contributed by atoms with Gasteiger partial charge in [0.15, 0.2) is 6.10 Å². The number of aromatic nitrogens is 2. The molecule has 1 aromatic heterocycles. The van der Waals surface area contributed by atoms with Crippen molar-refractivity contribution >= 4 is 23.3 Å². The first-order chi connectivity index (χ1) is 13.2. The van der Waals surface area contributed by atoms with E-state index in [0.29, 0.717) is 18.0 Å². The first-order valence-electron chi connectivity index (χ1n) is 8.65. The Bertz CT molecular complexity index is 892. The van der Waals surface area contributed by atoms with Crippen LogP contribution in [0.5, 0.6) is 5.75 Å². The molecule has 28 heavy (non-hydrogen) atoms. The van der Waals surface area contributed by atoms with E-state index >= 15 is 0 Å². The summed E-state index contributed by atoms with van der Waals surface area (Å²) in [5.41, 5.74) is 0.758. The fourth-order valence-corrected chi connectivity index (χ4v) is 2.60. The number of anilines is 1. The van der Waals surface area contributed by atoms with Gasteiger partial charge in [0, 0.05) is 0 Å². The number of benzene rings is 1. The second kappa shape index (κ2) is 8.98. The van der Waals surface area contributed by atoms with Gasteiger partial charge in [-0.25, -0.2) is 0 Å². The lowest BCUT2D eigenvalue weighted by Crippen LogP contribution is -2.31. The van der Waals surface area contributed by atoms with Crippen molar-refractivity contribution < 1.29 is 24.0 Å². The number of hydrogen-bond donors (Lipinski definition) is 1. The fourth-order valence-electron chi connectivity index (χ4n) is 2.60. The standard InChI is InChI=1S/C18H22N4O6/c1-5-27-15-9-7-6-8-14(15)19-18(24)13(4)28-16(23)10-21-12(3)17(22(25)26)11(2)20-21/h6-9,13H,5,10H2,1-4H3,(H,19,24)/t13-/m0/s1. The molecule has 0 aliphatic carbocycles. The van der Waals surface area contributed by atoms with Crippen molar-refractivity contribution in [3.63, 3.8) is 0 Å². The van der Waals surface area contributed by atoms with E-state index in [2.05, 4.69) is 10.4 Å². The third-order valence-electron chi connectivity index (χ3n) is 3.93. The molecule has 0 radical (unpaired) electrons. The molecule has 0 unspecified atom stereocenters. The van der Waals surface area contributed by atoms with Gasteiger partial charge in [0.1, 0.15) is 23.7 Å². The summed E-state index contributed by atoms with van der Waals surface area (Å²) >= 11 is 0. The Balaban J connectivity index is 2.00. The van der Waals surface area contributed by atoms with Gasteiger partial charge in [-0.2, -0.15) is 5.10 Å². The van der Waals surface area contributed by atoms with E-state index < -0.39 is 22.9 Å². The van der Waals surface area contributed by atoms with Crippen LogP contribution in [-0.4, -0.2) is 39.3 Å². The van der Waals surface area contributed by atoms with Crippen molar-refractivity contribution in [2.24, 2.45) is 0 Å². The molecule has 0 aliphatic rings. The van der Waals surface area contributed by atoms with E-state index in [1.165, 1.54) is 25.5 Å². The predicted molar refractivity (Wildman–Crippen MR) is 100 cm³/mol. The van der Waals surface area contributed by atoms with Crippen LogP contribution >= 0.6 is 0 Å². The Morgan fingerprint density at radius 3 is 2.61 bits per heavy atom. The number of hydrogen-bond acceptors (Lipinski definition) is 7. The number of rotatable bonds is 8. The molecular formula is C18H22N4O6. The normalized spacial score (nSPS) is 11.6. The van der Waals surface area contributed by atoms with Crippen LogP contribution < -0.4 is 10.1 Å². The van der Waals surface area contributed by atoms with Gasteiger partial charge in [-0.05, 0) is 39.8 Å². The van der Waals surface area contributed by atoms with Crippen molar-refractivity contribution in [3.8, 4) is 5.75 Å². The maximum atomic E-state index is 12.3. The van der Waals surface area contributed by atoms with Crippen molar-refractivity contribution in [1.82, 2.24) is 9.78 Å². The first kappa shape index (κ1) is 20.9. The Kier molecular flexibility index (Phi) is 6.69. The molecule has 1 amide bonds. The van der Waals surface area contributed by atoms with Gasteiger partial charge in [0.2, 0.25) is 0 Å². The maximum absolute atomic E-state index is 12.3. The molecule has 1 aromatic carbocycles. The Morgan fingerprint density at radius 1 is 1.32 bits per heavy atom. The fraction of sp³-hybridized carbons (Fsp3) is 0.389. The van der Waals surface area contributed by atoms with Gasteiger partial charge in [-0.1, -0.05) is 12.1 Å². The molecule has 150 valence electrons. The van der Waals surface area contributed by atoms with E-state index in [1.807, 2.05) is 6.92 Å². The highest BCUT2D eigenvalue weighted by molar-refractivity contribution is 5.96. The molecule has 0 bridgehead atoms. The summed E-state index contributed by atoms with van der Waals surface area (Å²) in [6.45, 7) is 6.33. The van der Waals surface area contributed by atoms with Gasteiger partial charge in [0.25, 0.3) is 5.91 Å². The lowest BCUT2D eigenvalue weighted by Gasteiger charge is -2.15. The summed E-state index contributed by atoms with van der Waals surface area (Å²) in [6, 6.07) is 6.90. The third-order valence-corrected chi connectivity index (χ3v) is 3.93. The van der Waals surface area contributed by atoms with E-state index in [1.54, 1.807) is 24.3 Å². The molecule has 0 aliphatic heterocycles. The summed E-state index contributed by atoms with van der Waals surface area (Å²) < 4.78 is 11.8. The average Bonchev–Trinajstić information content (AvgIpc) is 2.90. The minimum atomic E-state index is -1.07. The second-order valence-corrected chi connectivity index (χ2v) is 5.98. The van der Waals surface area contributed by atoms with Crippen molar-refractivity contribution in [1.29, 1.82) is 0 Å². The lowest BCUT2D eigenvalue weighted by atomic mass is 10.2. The van der Waals surface area contributed by atoms with E-state index in [0.717, 1.165) is 0 Å². The largest absolute Gasteiger partial charge is 0.492 e. The molecule has 1 heterocycles. The molecule has 1 atom stereocenters. The Morgan fingerprint density at radius 2 is 2.00 bits per heavy atom. The van der Waals surface area contributed by atoms with Crippen LogP contribution in [-0.2, 0) is 20.9 Å². The molecule has 0 spiro atoms. The quantitative estimate of drug-likeness (QED) is 0.416. The smallest absolute Gasteiger partial charge is 0.328 e. The van der Waals surface area contributed by atoms with Crippen LogP contribution in [0.3, 0.4) is 0 Å². The molecule has 0 saturated carbocycles. The number of carbonyl (C=O) groups excluding carboxylic acids is 2. The Labute approximate surface area is 161 Å². The van der Waals surface area contributed by atoms with Crippen LogP contribution in [0.25, 0.3) is 0 Å². The monoisotopic (exact) mass is 390 g/mol. The number of aryl methyl sites for hydroxylation is 1. The van der Waals surface area contributed by atoms with Gasteiger partial charge in [-0.3, -0.25) is 24.4 Å². The second-order valence-electron chi connectivity index (χ2n) is 5.98. The molecule has 1 N–H and O–H groups in total. The average molecular weight is 390 g/mol. The summed E-state index contributed by atoms with van der Waals surface area (Å²) in [5.74, 6) is -0.757. The summed E-state index contributed by atoms with van der Waals surface area (Å²) in [4.78, 5) is 34.9. The molecule has 10 nitrogen and oxygen atoms in total. The zero-order valence-electron chi connectivity index (χ0n) is 16.1. The summed E-state index contributed by atoms with van der Waals surface area (Å²) in [6.07, 6.45) is -1.07. The number of nitrogens with zero attached hydrogens (tertiary/aromatic N) is 3. The highest BCUT2D eigenvalue weighted by Gasteiger charge is 2.25. The van der Waals surface area contributed by atoms with Gasteiger partial charge in [0.05, 0.1) is 17.2 Å². The van der Waals surface area contributed by atoms with Gasteiger partial charge >= 0.3 is 11.7 Å². The molecule has 0 saturated heterocycles. The number of carbonyl (C=O) groups is 2. The molecule has 0 fully saturated rings. The van der Waals surface area contributed by atoms with Crippen LogP contribution in [0.4, 0.5) is 11.4 Å². The highest BCUT2D eigenvalue weighted by atomic mass is 16.6. The molecule has 2 rings (SSSR count). The number of nitrogens with one attached hydrogen (secondary N) is 1. The number of amides is 1. The van der Waals surface area contributed by atoms with Gasteiger partial charge < -0.3 is 14.8 Å². The van der Waals surface area contributed by atoms with E-state index in [9.17, 15) is 19.7 Å². The number of esters is 1. The van der Waals surface area contributed by atoms with E-state index in [4.69, 9.17) is 9.47 Å². The summed E-state index contributed by atoms with van der Waals surface area (Å²) in [7, 11) is 0. The lowest BCUT2D eigenvalue weighted by molar-refractivity contribution is -0.386. The predicted octanol–water partition coefficient (Wildman–Crippen LogP) is 2.38. The van der Waals surface area contributed by atoms with Crippen molar-refractivity contribution in [2.45, 2.75) is 40.3 Å². The first-order valence-corrected chi connectivity index (χ1v) is 8.65. The minimum Gasteiger partial charge on any atom is -0.492 e. The SMILES string of the molecule is CCOc1ccccc1NC(=O)[C@H](C)OC(=O)Cn1nc(C)c([N+](=O)[O-])c1C. The molecule has 10 heteroatoms. The van der Waals surface area contributed by atoms with Gasteiger partial charge in [-0.15, -0.1) is 0 Å². The topological polar surface area (TPSA) is 126 Å². The van der Waals surface area contributed by atoms with Crippen LogP contribution in [0, 0.1) is 24.0 Å². The van der Waals surface area contributed by atoms with Crippen molar-refractivity contribution in [2.75, 3.05) is 11.9 Å². The van der Waals surface area contributed by atoms with Crippen LogP contribution in [0.15, 0.2) is 24.3 Å². The molecular weight excluding hydrogens is 368 g/mol. The van der Waals surface area contributed by atoms with Crippen molar-refractivity contribution in [3.05, 3.63) is 45.8 Å². The van der Waals surface area contributed by atoms with Crippen LogP contribution in [0.1, 0.15) is 25.2 Å². The minimum absolute atomic E-state index is 0.147. The number of nitro groups is 1. The third kappa shape index (κ3) is 4.84. The van der Waals surface area contributed by atoms with E-state index in [-0.39, 0.29) is 23.6 Å². The zero-order chi connectivity index (χ0) is 20.8. The Hall–Kier alpha value is -3.43. The molecule has 2 aromatic rings. The number of para-hydroxylation sites is 2. The summed E-state index contributed by atoms with van der Waals surface area (Å²) in [5, 5.41) is 17.7. The van der Waals surface area contributed by atoms with Crippen LogP contribution in [0.2, 0.25) is 0 Å². The highest BCUT2D eigenvalue weighted by Crippen LogP contribution is 2.24. The zero-order valence-corrected chi connectivity index (χ0v) is 16.1. The number of ether oxygens (including phenoxy) is 2. The maximum Gasteiger partial charge on any atom is 0.328 e.